The van der Waals surface area contributed by atoms with Crippen molar-refractivity contribution in [3.63, 3.8) is 0 Å². The maximum absolute atomic E-state index is 4.67. The molecule has 2 aromatic rings. The van der Waals surface area contributed by atoms with Crippen LogP contribution in [0.15, 0.2) is 6.33 Å². The lowest BCUT2D eigenvalue weighted by Crippen LogP contribution is -2.45. The van der Waals surface area contributed by atoms with E-state index in [0.29, 0.717) is 5.95 Å². The van der Waals surface area contributed by atoms with E-state index in [4.69, 9.17) is 0 Å². The van der Waals surface area contributed by atoms with Crippen molar-refractivity contribution < 1.29 is 0 Å². The van der Waals surface area contributed by atoms with Gasteiger partial charge in [-0.05, 0) is 7.05 Å². The van der Waals surface area contributed by atoms with E-state index in [1.54, 1.807) is 6.33 Å². The third-order valence-corrected chi connectivity index (χ3v) is 3.46. The number of halogens is 2. The minimum atomic E-state index is 0. The number of fused-ring (bicyclic) bond motifs is 1. The zero-order valence-corrected chi connectivity index (χ0v) is 14.0. The Kier molecular flexibility index (Phi) is 6.00. The normalized spacial score (nSPS) is 15.5. The third kappa shape index (κ3) is 3.48. The first-order valence-electron chi connectivity index (χ1n) is 6.47. The third-order valence-electron chi connectivity index (χ3n) is 3.46. The summed E-state index contributed by atoms with van der Waals surface area (Å²) in [7, 11) is 6.04. The Labute approximate surface area is 136 Å². The second kappa shape index (κ2) is 7.11. The molecule has 3 rings (SSSR count). The Balaban J connectivity index is 0.00000110. The van der Waals surface area contributed by atoms with Crippen LogP contribution in [0, 0.1) is 0 Å². The van der Waals surface area contributed by atoms with E-state index in [1.165, 1.54) is 0 Å². The topological polar surface area (TPSA) is 64.2 Å². The summed E-state index contributed by atoms with van der Waals surface area (Å²) in [6.45, 7) is 4.07. The van der Waals surface area contributed by atoms with Crippen LogP contribution >= 0.6 is 24.8 Å². The molecule has 0 aliphatic carbocycles. The van der Waals surface area contributed by atoms with Gasteiger partial charge in [0.1, 0.15) is 5.52 Å². The van der Waals surface area contributed by atoms with Crippen LogP contribution in [-0.4, -0.2) is 72.2 Å². The Hall–Kier alpha value is -1.31. The van der Waals surface area contributed by atoms with Crippen LogP contribution in [-0.2, 0) is 0 Å². The van der Waals surface area contributed by atoms with E-state index < -0.39 is 0 Å². The molecule has 1 saturated heterocycles. The maximum atomic E-state index is 4.67. The molecule has 9 heteroatoms. The molecule has 7 nitrogen and oxygen atoms in total. The Morgan fingerprint density at radius 1 is 1.10 bits per heavy atom. The second-order valence-corrected chi connectivity index (χ2v) is 5.13. The van der Waals surface area contributed by atoms with Crippen LogP contribution in [0.3, 0.4) is 0 Å². The van der Waals surface area contributed by atoms with Crippen LogP contribution in [0.2, 0.25) is 0 Å². The number of aromatic amines is 1. The Morgan fingerprint density at radius 2 is 1.76 bits per heavy atom. The van der Waals surface area contributed by atoms with Gasteiger partial charge >= 0.3 is 0 Å². The zero-order valence-electron chi connectivity index (χ0n) is 12.4. The molecular formula is C12H21Cl2N7. The highest BCUT2D eigenvalue weighted by atomic mass is 35.5. The average molecular weight is 334 g/mol. The monoisotopic (exact) mass is 333 g/mol. The molecule has 0 spiro atoms. The minimum Gasteiger partial charge on any atom is -0.352 e. The van der Waals surface area contributed by atoms with Gasteiger partial charge in [0.2, 0.25) is 5.95 Å². The van der Waals surface area contributed by atoms with Gasteiger partial charge in [-0.15, -0.1) is 24.8 Å². The average Bonchev–Trinajstić information content (AvgIpc) is 2.86. The molecule has 1 aliphatic rings. The molecule has 118 valence electrons. The van der Waals surface area contributed by atoms with Gasteiger partial charge in [-0.2, -0.15) is 9.97 Å². The fourth-order valence-electron chi connectivity index (χ4n) is 2.25. The first-order valence-corrected chi connectivity index (χ1v) is 6.47. The number of aromatic nitrogens is 4. The molecule has 1 fully saturated rings. The summed E-state index contributed by atoms with van der Waals surface area (Å²) in [6.07, 6.45) is 1.68. The summed E-state index contributed by atoms with van der Waals surface area (Å²) in [6, 6.07) is 0. The number of imidazole rings is 1. The first kappa shape index (κ1) is 17.7. The quantitative estimate of drug-likeness (QED) is 0.885. The molecule has 2 aromatic heterocycles. The summed E-state index contributed by atoms with van der Waals surface area (Å²) < 4.78 is 0. The second-order valence-electron chi connectivity index (χ2n) is 5.13. The van der Waals surface area contributed by atoms with Gasteiger partial charge in [-0.25, -0.2) is 4.98 Å². The molecule has 0 atom stereocenters. The zero-order chi connectivity index (χ0) is 13.4. The van der Waals surface area contributed by atoms with Crippen LogP contribution in [0.25, 0.3) is 11.2 Å². The number of piperazine rings is 1. The van der Waals surface area contributed by atoms with E-state index in [0.717, 1.165) is 43.2 Å². The van der Waals surface area contributed by atoms with E-state index in [2.05, 4.69) is 36.8 Å². The fourth-order valence-corrected chi connectivity index (χ4v) is 2.25. The van der Waals surface area contributed by atoms with Gasteiger partial charge in [0, 0.05) is 40.3 Å². The summed E-state index contributed by atoms with van der Waals surface area (Å²) in [5, 5.41) is 0. The van der Waals surface area contributed by atoms with Crippen LogP contribution < -0.4 is 9.80 Å². The van der Waals surface area contributed by atoms with E-state index >= 15 is 0 Å². The lowest BCUT2D eigenvalue weighted by atomic mass is 10.3. The number of H-pyrrole nitrogens is 1. The van der Waals surface area contributed by atoms with Crippen LogP contribution in [0.4, 0.5) is 11.8 Å². The van der Waals surface area contributed by atoms with Gasteiger partial charge in [0.05, 0.1) is 6.33 Å². The molecule has 21 heavy (non-hydrogen) atoms. The SMILES string of the molecule is CN1CCN(c2nc(N(C)C)nc3nc[nH]c23)CC1.Cl.Cl. The summed E-state index contributed by atoms with van der Waals surface area (Å²) in [5.41, 5.74) is 1.66. The largest absolute Gasteiger partial charge is 0.352 e. The summed E-state index contributed by atoms with van der Waals surface area (Å²) >= 11 is 0. The van der Waals surface area contributed by atoms with Crippen molar-refractivity contribution in [1.29, 1.82) is 0 Å². The molecule has 0 saturated carbocycles. The minimum absolute atomic E-state index is 0. The van der Waals surface area contributed by atoms with Gasteiger partial charge in [0.25, 0.3) is 0 Å². The van der Waals surface area contributed by atoms with Crippen molar-refractivity contribution in [2.75, 3.05) is 57.1 Å². The molecule has 0 bridgehead atoms. The summed E-state index contributed by atoms with van der Waals surface area (Å²) in [5.74, 6) is 1.66. The van der Waals surface area contributed by atoms with E-state index in [9.17, 15) is 0 Å². The fraction of sp³-hybridized carbons (Fsp3) is 0.583. The molecule has 1 N–H and O–H groups in total. The van der Waals surface area contributed by atoms with Crippen molar-refractivity contribution in [2.45, 2.75) is 0 Å². The highest BCUT2D eigenvalue weighted by Gasteiger charge is 2.20. The number of hydrogen-bond acceptors (Lipinski definition) is 6. The number of rotatable bonds is 2. The number of anilines is 2. The maximum Gasteiger partial charge on any atom is 0.228 e. The van der Waals surface area contributed by atoms with Crippen molar-refractivity contribution in [3.8, 4) is 0 Å². The molecule has 0 aromatic carbocycles. The van der Waals surface area contributed by atoms with Crippen molar-refractivity contribution in [1.82, 2.24) is 24.8 Å². The first-order chi connectivity index (χ1) is 9.15. The van der Waals surface area contributed by atoms with Crippen molar-refractivity contribution in [3.05, 3.63) is 6.33 Å². The van der Waals surface area contributed by atoms with Crippen molar-refractivity contribution >= 4 is 47.7 Å². The Bertz CT molecular complexity index is 578. The predicted octanol–water partition coefficient (Wildman–Crippen LogP) is 1.01. The number of nitrogens with one attached hydrogen (secondary N) is 1. The van der Waals surface area contributed by atoms with Crippen LogP contribution in [0.1, 0.15) is 0 Å². The number of nitrogens with zero attached hydrogens (tertiary/aromatic N) is 6. The highest BCUT2D eigenvalue weighted by Crippen LogP contribution is 2.24. The lowest BCUT2D eigenvalue weighted by Gasteiger charge is -2.33. The molecule has 0 unspecified atom stereocenters. The lowest BCUT2D eigenvalue weighted by molar-refractivity contribution is 0.312. The van der Waals surface area contributed by atoms with Gasteiger partial charge in [0.15, 0.2) is 11.5 Å². The van der Waals surface area contributed by atoms with E-state index in [1.807, 2.05) is 19.0 Å². The molecule has 3 heterocycles. The smallest absolute Gasteiger partial charge is 0.228 e. The van der Waals surface area contributed by atoms with Crippen LogP contribution in [0.5, 0.6) is 0 Å². The molecule has 0 amide bonds. The number of likely N-dealkylation sites (N-methyl/N-ethyl adjacent to an activating group) is 1. The Morgan fingerprint density at radius 3 is 2.38 bits per heavy atom. The predicted molar refractivity (Wildman–Crippen MR) is 90.2 cm³/mol. The highest BCUT2D eigenvalue weighted by molar-refractivity contribution is 5.86. The van der Waals surface area contributed by atoms with E-state index in [-0.39, 0.29) is 24.8 Å². The van der Waals surface area contributed by atoms with Crippen molar-refractivity contribution in [2.24, 2.45) is 0 Å². The van der Waals surface area contributed by atoms with Gasteiger partial charge < -0.3 is 19.7 Å². The molecule has 1 aliphatic heterocycles. The molecule has 0 radical (unpaired) electrons. The number of hydrogen-bond donors (Lipinski definition) is 1. The van der Waals surface area contributed by atoms with Gasteiger partial charge in [-0.1, -0.05) is 0 Å². The van der Waals surface area contributed by atoms with Gasteiger partial charge in [-0.3, -0.25) is 0 Å². The standard InChI is InChI=1S/C12H19N7.2ClH/c1-17(2)12-15-10-9(13-8-14-10)11(16-12)19-6-4-18(3)5-7-19;;/h8H,4-7H2,1-3H3,(H,13,14,15,16);2*1H. The summed E-state index contributed by atoms with van der Waals surface area (Å²) in [4.78, 5) is 23.1. The molecular weight excluding hydrogens is 313 g/mol.